The predicted octanol–water partition coefficient (Wildman–Crippen LogP) is 1.88. The summed E-state index contributed by atoms with van der Waals surface area (Å²) in [7, 11) is -2.59. The molecule has 0 unspecified atom stereocenters. The van der Waals surface area contributed by atoms with E-state index in [4.69, 9.17) is 0 Å². The maximum Gasteiger partial charge on any atom is 0.246 e. The summed E-state index contributed by atoms with van der Waals surface area (Å²) in [5, 5.41) is 2.47. The smallest absolute Gasteiger partial charge is 0.246 e. The van der Waals surface area contributed by atoms with E-state index in [-0.39, 0.29) is 12.5 Å². The van der Waals surface area contributed by atoms with Gasteiger partial charge in [0.2, 0.25) is 15.9 Å². The molecule has 0 saturated carbocycles. The Hall–Kier alpha value is -0.990. The molecule has 1 N–H and O–H groups in total. The lowest BCUT2D eigenvalue weighted by Gasteiger charge is -2.33. The Morgan fingerprint density at radius 2 is 2.14 bits per heavy atom. The zero-order chi connectivity index (χ0) is 15.6. The maximum absolute atomic E-state index is 13.9. The second-order valence-electron chi connectivity index (χ2n) is 4.82. The fraction of sp³-hybridized carbons (Fsp3) is 0.462. The summed E-state index contributed by atoms with van der Waals surface area (Å²) in [6.07, 6.45) is 1.86. The number of amides is 1. The zero-order valence-corrected chi connectivity index (χ0v) is 13.9. The van der Waals surface area contributed by atoms with Gasteiger partial charge in [-0.2, -0.15) is 4.31 Å². The van der Waals surface area contributed by atoms with Crippen molar-refractivity contribution in [1.29, 1.82) is 0 Å². The quantitative estimate of drug-likeness (QED) is 0.872. The summed E-state index contributed by atoms with van der Waals surface area (Å²) in [6, 6.07) is 2.96. The van der Waals surface area contributed by atoms with Crippen molar-refractivity contribution >= 4 is 31.9 Å². The Kier molecular flexibility index (Phi) is 5.00. The van der Waals surface area contributed by atoms with Gasteiger partial charge in [0.15, 0.2) is 0 Å². The molecule has 1 aliphatic rings. The summed E-state index contributed by atoms with van der Waals surface area (Å²) in [5.74, 6) is -1.19. The normalized spacial score (nSPS) is 20.2. The molecule has 8 heteroatoms. The second kappa shape index (κ2) is 6.41. The van der Waals surface area contributed by atoms with Crippen LogP contribution in [0.3, 0.4) is 0 Å². The summed E-state index contributed by atoms with van der Waals surface area (Å²) < 4.78 is 40.8. The summed E-state index contributed by atoms with van der Waals surface area (Å²) in [6.45, 7) is 0.215. The highest BCUT2D eigenvalue weighted by Crippen LogP contribution is 2.28. The molecule has 1 saturated heterocycles. The SMILES string of the molecule is CNC(=O)[C@H]1CCCCN1S(=O)(=O)c1cc(Br)ccc1F. The van der Waals surface area contributed by atoms with Gasteiger partial charge < -0.3 is 5.32 Å². The topological polar surface area (TPSA) is 66.5 Å². The van der Waals surface area contributed by atoms with Crippen LogP contribution in [0.5, 0.6) is 0 Å². The summed E-state index contributed by atoms with van der Waals surface area (Å²) in [4.78, 5) is 11.5. The first-order chi connectivity index (χ1) is 9.87. The molecule has 0 bridgehead atoms. The Balaban J connectivity index is 2.45. The lowest BCUT2D eigenvalue weighted by molar-refractivity contribution is -0.125. The molecule has 0 spiro atoms. The van der Waals surface area contributed by atoms with Gasteiger partial charge in [-0.05, 0) is 31.0 Å². The van der Waals surface area contributed by atoms with E-state index in [1.165, 1.54) is 19.2 Å². The predicted molar refractivity (Wildman–Crippen MR) is 79.7 cm³/mol. The molecular formula is C13H16BrFN2O3S. The number of sulfonamides is 1. The van der Waals surface area contributed by atoms with E-state index in [9.17, 15) is 17.6 Å². The maximum atomic E-state index is 13.9. The number of likely N-dealkylation sites (N-methyl/N-ethyl adjacent to an activating group) is 1. The van der Waals surface area contributed by atoms with Crippen molar-refractivity contribution in [2.45, 2.75) is 30.2 Å². The lowest BCUT2D eigenvalue weighted by Crippen LogP contribution is -2.51. The molecule has 1 heterocycles. The van der Waals surface area contributed by atoms with Crippen LogP contribution < -0.4 is 5.32 Å². The van der Waals surface area contributed by atoms with Crippen LogP contribution in [0.4, 0.5) is 4.39 Å². The van der Waals surface area contributed by atoms with Gasteiger partial charge in [0.1, 0.15) is 16.8 Å². The van der Waals surface area contributed by atoms with Crippen LogP contribution in [0.1, 0.15) is 19.3 Å². The zero-order valence-electron chi connectivity index (χ0n) is 11.5. The number of hydrogen-bond acceptors (Lipinski definition) is 3. The molecule has 1 atom stereocenters. The number of carbonyl (C=O) groups excluding carboxylic acids is 1. The lowest BCUT2D eigenvalue weighted by atomic mass is 10.0. The molecule has 1 aromatic carbocycles. The highest BCUT2D eigenvalue weighted by atomic mass is 79.9. The van der Waals surface area contributed by atoms with Gasteiger partial charge in [0.25, 0.3) is 0 Å². The Morgan fingerprint density at radius 3 is 2.81 bits per heavy atom. The van der Waals surface area contributed by atoms with Crippen LogP contribution in [0.25, 0.3) is 0 Å². The van der Waals surface area contributed by atoms with Crippen molar-refractivity contribution in [3.05, 3.63) is 28.5 Å². The number of nitrogens with one attached hydrogen (secondary N) is 1. The summed E-state index contributed by atoms with van der Waals surface area (Å²) >= 11 is 3.14. The highest BCUT2D eigenvalue weighted by molar-refractivity contribution is 9.10. The third-order valence-corrected chi connectivity index (χ3v) is 5.90. The van der Waals surface area contributed by atoms with Crippen molar-refractivity contribution in [3.63, 3.8) is 0 Å². The van der Waals surface area contributed by atoms with Gasteiger partial charge in [0.05, 0.1) is 0 Å². The van der Waals surface area contributed by atoms with Crippen LogP contribution in [-0.4, -0.2) is 38.3 Å². The van der Waals surface area contributed by atoms with E-state index >= 15 is 0 Å². The molecule has 5 nitrogen and oxygen atoms in total. The highest BCUT2D eigenvalue weighted by Gasteiger charge is 2.38. The minimum Gasteiger partial charge on any atom is -0.358 e. The average molecular weight is 379 g/mol. The van der Waals surface area contributed by atoms with E-state index in [0.717, 1.165) is 16.8 Å². The minimum absolute atomic E-state index is 0.215. The van der Waals surface area contributed by atoms with Gasteiger partial charge in [-0.25, -0.2) is 12.8 Å². The number of nitrogens with zero attached hydrogens (tertiary/aromatic N) is 1. The Bertz CT molecular complexity index is 651. The molecule has 0 radical (unpaired) electrons. The second-order valence-corrected chi connectivity index (χ2v) is 7.59. The number of piperidine rings is 1. The number of benzene rings is 1. The Morgan fingerprint density at radius 1 is 1.43 bits per heavy atom. The van der Waals surface area contributed by atoms with Gasteiger partial charge in [-0.15, -0.1) is 0 Å². The van der Waals surface area contributed by atoms with Crippen molar-refractivity contribution in [2.75, 3.05) is 13.6 Å². The van der Waals surface area contributed by atoms with Gasteiger partial charge in [-0.3, -0.25) is 4.79 Å². The van der Waals surface area contributed by atoms with E-state index in [1.54, 1.807) is 0 Å². The van der Waals surface area contributed by atoms with Crippen LogP contribution in [0, 0.1) is 5.82 Å². The number of carbonyl (C=O) groups is 1. The van der Waals surface area contributed by atoms with Crippen molar-refractivity contribution < 1.29 is 17.6 Å². The van der Waals surface area contributed by atoms with E-state index in [0.29, 0.717) is 17.3 Å². The third-order valence-electron chi connectivity index (χ3n) is 3.48. The van der Waals surface area contributed by atoms with E-state index < -0.39 is 26.8 Å². The van der Waals surface area contributed by atoms with Gasteiger partial charge in [-0.1, -0.05) is 22.4 Å². The van der Waals surface area contributed by atoms with Crippen LogP contribution in [0.2, 0.25) is 0 Å². The third kappa shape index (κ3) is 3.27. The first-order valence-electron chi connectivity index (χ1n) is 6.56. The first-order valence-corrected chi connectivity index (χ1v) is 8.79. The number of rotatable bonds is 3. The van der Waals surface area contributed by atoms with Crippen molar-refractivity contribution in [2.24, 2.45) is 0 Å². The standard InChI is InChI=1S/C13H16BrFN2O3S/c1-16-13(18)11-4-2-3-7-17(11)21(19,20)12-8-9(14)5-6-10(12)15/h5-6,8,11H,2-4,7H2,1H3,(H,16,18)/t11-/m1/s1. The summed E-state index contributed by atoms with van der Waals surface area (Å²) in [5.41, 5.74) is 0. The molecule has 1 aliphatic heterocycles. The molecule has 2 rings (SSSR count). The van der Waals surface area contributed by atoms with Crippen LogP contribution in [0.15, 0.2) is 27.6 Å². The molecule has 21 heavy (non-hydrogen) atoms. The molecule has 1 amide bonds. The number of halogens is 2. The molecular weight excluding hydrogens is 363 g/mol. The van der Waals surface area contributed by atoms with Crippen molar-refractivity contribution in [1.82, 2.24) is 9.62 Å². The van der Waals surface area contributed by atoms with Gasteiger partial charge in [0, 0.05) is 18.1 Å². The first kappa shape index (κ1) is 16.4. The monoisotopic (exact) mass is 378 g/mol. The fourth-order valence-corrected chi connectivity index (χ4v) is 4.68. The largest absolute Gasteiger partial charge is 0.358 e. The van der Waals surface area contributed by atoms with E-state index in [2.05, 4.69) is 21.2 Å². The van der Waals surface area contributed by atoms with Crippen LogP contribution in [-0.2, 0) is 14.8 Å². The minimum atomic E-state index is -4.05. The molecule has 0 aliphatic carbocycles. The van der Waals surface area contributed by atoms with Gasteiger partial charge >= 0.3 is 0 Å². The molecule has 1 aromatic rings. The fourth-order valence-electron chi connectivity index (χ4n) is 2.42. The average Bonchev–Trinajstić information content (AvgIpc) is 2.48. The molecule has 1 fully saturated rings. The van der Waals surface area contributed by atoms with E-state index in [1.807, 2.05) is 0 Å². The van der Waals surface area contributed by atoms with Crippen molar-refractivity contribution in [3.8, 4) is 0 Å². The molecule has 0 aromatic heterocycles. The van der Waals surface area contributed by atoms with Crippen LogP contribution >= 0.6 is 15.9 Å². The Labute approximate surface area is 131 Å². The number of hydrogen-bond donors (Lipinski definition) is 1. The molecule has 116 valence electrons.